The first-order valence-corrected chi connectivity index (χ1v) is 9.94. The average molecular weight is 388 g/mol. The largest absolute Gasteiger partial charge is 0.460 e. The second kappa shape index (κ2) is 9.19. The monoisotopic (exact) mass is 388 g/mol. The molecule has 1 fully saturated rings. The molecule has 0 bridgehead atoms. The highest BCUT2D eigenvalue weighted by molar-refractivity contribution is 5.99. The lowest BCUT2D eigenvalue weighted by Crippen LogP contribution is -2.45. The lowest BCUT2D eigenvalue weighted by molar-refractivity contribution is 0.129. The van der Waals surface area contributed by atoms with Crippen molar-refractivity contribution in [2.75, 3.05) is 4.90 Å². The van der Waals surface area contributed by atoms with E-state index in [9.17, 15) is 4.79 Å². The van der Waals surface area contributed by atoms with Gasteiger partial charge in [0.1, 0.15) is 6.10 Å². The highest BCUT2D eigenvalue weighted by Gasteiger charge is 2.26. The van der Waals surface area contributed by atoms with Gasteiger partial charge in [-0.05, 0) is 56.0 Å². The van der Waals surface area contributed by atoms with Gasteiger partial charge in [0.15, 0.2) is 0 Å². The van der Waals surface area contributed by atoms with Crippen LogP contribution in [0, 0.1) is 0 Å². The van der Waals surface area contributed by atoms with Crippen molar-refractivity contribution in [1.82, 2.24) is 15.3 Å². The van der Waals surface area contributed by atoms with Crippen molar-refractivity contribution in [3.8, 4) is 6.01 Å². The molecule has 1 heterocycles. The SMILES string of the molecule is O=C(NC1CCC(Oc2ncccn2)CC1)N(c1ccccc1)c1ccccc1. The van der Waals surface area contributed by atoms with Crippen molar-refractivity contribution >= 4 is 17.4 Å². The second-order valence-electron chi connectivity index (χ2n) is 7.08. The number of hydrogen-bond donors (Lipinski definition) is 1. The number of carbonyl (C=O) groups is 1. The Morgan fingerprint density at radius 2 is 1.38 bits per heavy atom. The molecule has 3 aromatic rings. The third-order valence-electron chi connectivity index (χ3n) is 5.05. The van der Waals surface area contributed by atoms with Gasteiger partial charge in [0.25, 0.3) is 0 Å². The van der Waals surface area contributed by atoms with E-state index in [2.05, 4.69) is 15.3 Å². The smallest absolute Gasteiger partial charge is 0.326 e. The summed E-state index contributed by atoms with van der Waals surface area (Å²) in [6.45, 7) is 0. The Labute approximate surface area is 170 Å². The molecule has 1 aliphatic rings. The van der Waals surface area contributed by atoms with Crippen LogP contribution in [0.25, 0.3) is 0 Å². The number of nitrogens with one attached hydrogen (secondary N) is 1. The second-order valence-corrected chi connectivity index (χ2v) is 7.08. The number of aromatic nitrogens is 2. The lowest BCUT2D eigenvalue weighted by atomic mass is 9.93. The fourth-order valence-electron chi connectivity index (χ4n) is 3.60. The van der Waals surface area contributed by atoms with E-state index in [1.165, 1.54) is 0 Å². The fourth-order valence-corrected chi connectivity index (χ4v) is 3.60. The van der Waals surface area contributed by atoms with Crippen LogP contribution in [0.1, 0.15) is 25.7 Å². The number of nitrogens with zero attached hydrogens (tertiary/aromatic N) is 3. The normalized spacial score (nSPS) is 18.6. The zero-order valence-corrected chi connectivity index (χ0v) is 16.1. The van der Waals surface area contributed by atoms with E-state index in [0.717, 1.165) is 37.1 Å². The van der Waals surface area contributed by atoms with E-state index in [1.54, 1.807) is 23.4 Å². The third kappa shape index (κ3) is 4.90. The summed E-state index contributed by atoms with van der Waals surface area (Å²) in [5, 5.41) is 3.20. The van der Waals surface area contributed by atoms with Crippen molar-refractivity contribution in [2.24, 2.45) is 0 Å². The number of anilines is 2. The minimum atomic E-state index is -0.113. The van der Waals surface area contributed by atoms with Crippen LogP contribution in [0.4, 0.5) is 16.2 Å². The molecular weight excluding hydrogens is 364 g/mol. The third-order valence-corrected chi connectivity index (χ3v) is 5.05. The summed E-state index contributed by atoms with van der Waals surface area (Å²) < 4.78 is 5.85. The van der Waals surface area contributed by atoms with E-state index in [1.807, 2.05) is 60.7 Å². The Balaban J connectivity index is 1.39. The van der Waals surface area contributed by atoms with Crippen LogP contribution in [0.5, 0.6) is 6.01 Å². The number of hydrogen-bond acceptors (Lipinski definition) is 4. The Hall–Kier alpha value is -3.41. The summed E-state index contributed by atoms with van der Waals surface area (Å²) in [6, 6.07) is 21.6. The van der Waals surface area contributed by atoms with Gasteiger partial charge in [-0.3, -0.25) is 4.90 Å². The predicted molar refractivity (Wildman–Crippen MR) is 112 cm³/mol. The summed E-state index contributed by atoms with van der Waals surface area (Å²) in [5.41, 5.74) is 1.68. The van der Waals surface area contributed by atoms with Crippen LogP contribution in [0.2, 0.25) is 0 Å². The van der Waals surface area contributed by atoms with Gasteiger partial charge in [0.2, 0.25) is 0 Å². The number of carbonyl (C=O) groups excluding carboxylic acids is 1. The predicted octanol–water partition coefficient (Wildman–Crippen LogP) is 4.71. The molecule has 0 aliphatic heterocycles. The fraction of sp³-hybridized carbons (Fsp3) is 0.261. The minimum absolute atomic E-state index is 0.0879. The highest BCUT2D eigenvalue weighted by atomic mass is 16.5. The quantitative estimate of drug-likeness (QED) is 0.687. The minimum Gasteiger partial charge on any atom is -0.460 e. The highest BCUT2D eigenvalue weighted by Crippen LogP contribution is 2.27. The molecule has 2 amide bonds. The molecule has 0 radical (unpaired) electrons. The molecule has 0 unspecified atom stereocenters. The Kier molecular flexibility index (Phi) is 6.00. The first-order chi connectivity index (χ1) is 14.3. The van der Waals surface area contributed by atoms with Gasteiger partial charge in [0, 0.05) is 18.4 Å². The number of ether oxygens (including phenoxy) is 1. The summed E-state index contributed by atoms with van der Waals surface area (Å²) in [6.07, 6.45) is 6.89. The molecule has 1 aromatic heterocycles. The van der Waals surface area contributed by atoms with Crippen molar-refractivity contribution in [2.45, 2.75) is 37.8 Å². The maximum Gasteiger partial charge on any atom is 0.326 e. The van der Waals surface area contributed by atoms with Crippen LogP contribution in [-0.4, -0.2) is 28.1 Å². The van der Waals surface area contributed by atoms with Crippen LogP contribution >= 0.6 is 0 Å². The molecule has 6 nitrogen and oxygen atoms in total. The molecule has 2 aromatic carbocycles. The summed E-state index contributed by atoms with van der Waals surface area (Å²) in [7, 11) is 0. The van der Waals surface area contributed by atoms with Gasteiger partial charge < -0.3 is 10.1 Å². The van der Waals surface area contributed by atoms with Gasteiger partial charge in [0.05, 0.1) is 11.4 Å². The molecule has 0 atom stereocenters. The molecule has 0 spiro atoms. The number of rotatable bonds is 5. The van der Waals surface area contributed by atoms with E-state index in [-0.39, 0.29) is 18.2 Å². The average Bonchev–Trinajstić information content (AvgIpc) is 2.78. The summed E-state index contributed by atoms with van der Waals surface area (Å²) in [4.78, 5) is 23.1. The van der Waals surface area contributed by atoms with Crippen LogP contribution < -0.4 is 15.0 Å². The number of amides is 2. The first-order valence-electron chi connectivity index (χ1n) is 9.94. The zero-order valence-electron chi connectivity index (χ0n) is 16.1. The molecular formula is C23H24N4O2. The van der Waals surface area contributed by atoms with E-state index < -0.39 is 0 Å². The molecule has 6 heteroatoms. The Morgan fingerprint density at radius 1 is 0.828 bits per heavy atom. The van der Waals surface area contributed by atoms with Crippen molar-refractivity contribution in [3.05, 3.63) is 79.1 Å². The summed E-state index contributed by atoms with van der Waals surface area (Å²) >= 11 is 0. The van der Waals surface area contributed by atoms with Crippen molar-refractivity contribution in [1.29, 1.82) is 0 Å². The van der Waals surface area contributed by atoms with Gasteiger partial charge in [-0.15, -0.1) is 0 Å². The lowest BCUT2D eigenvalue weighted by Gasteiger charge is -2.31. The molecule has 148 valence electrons. The van der Waals surface area contributed by atoms with E-state index in [4.69, 9.17) is 4.74 Å². The summed E-state index contributed by atoms with van der Waals surface area (Å²) in [5.74, 6) is 0. The van der Waals surface area contributed by atoms with Crippen LogP contribution in [0.3, 0.4) is 0 Å². The number of benzene rings is 2. The topological polar surface area (TPSA) is 67.3 Å². The van der Waals surface area contributed by atoms with Gasteiger partial charge in [-0.25, -0.2) is 14.8 Å². The van der Waals surface area contributed by atoms with Crippen LogP contribution in [-0.2, 0) is 0 Å². The Morgan fingerprint density at radius 3 is 1.93 bits per heavy atom. The first kappa shape index (κ1) is 18.9. The standard InChI is InChI=1S/C23H24N4O2/c28-23(27(19-8-3-1-4-9-19)20-10-5-2-6-11-20)26-18-12-14-21(15-13-18)29-22-24-16-7-17-25-22/h1-11,16-18,21H,12-15H2,(H,26,28). The maximum atomic E-state index is 13.1. The van der Waals surface area contributed by atoms with E-state index in [0.29, 0.717) is 6.01 Å². The molecule has 1 saturated carbocycles. The van der Waals surface area contributed by atoms with E-state index >= 15 is 0 Å². The molecule has 1 aliphatic carbocycles. The van der Waals surface area contributed by atoms with Gasteiger partial charge in [-0.2, -0.15) is 0 Å². The number of para-hydroxylation sites is 2. The van der Waals surface area contributed by atoms with Crippen molar-refractivity contribution < 1.29 is 9.53 Å². The van der Waals surface area contributed by atoms with Gasteiger partial charge in [-0.1, -0.05) is 36.4 Å². The van der Waals surface area contributed by atoms with Gasteiger partial charge >= 0.3 is 12.0 Å². The van der Waals surface area contributed by atoms with Crippen molar-refractivity contribution in [3.63, 3.8) is 0 Å². The molecule has 4 rings (SSSR count). The van der Waals surface area contributed by atoms with Crippen LogP contribution in [0.15, 0.2) is 79.1 Å². The molecule has 0 saturated heterocycles. The molecule has 1 N–H and O–H groups in total. The maximum absolute atomic E-state index is 13.1. The zero-order chi connectivity index (χ0) is 19.9. The Bertz CT molecular complexity index is 858. The number of urea groups is 1. The molecule has 29 heavy (non-hydrogen) atoms.